The second-order valence-electron chi connectivity index (χ2n) is 9.42. The summed E-state index contributed by atoms with van der Waals surface area (Å²) in [6.45, 7) is 2.46. The number of fused-ring (bicyclic) bond motifs is 1. The van der Waals surface area contributed by atoms with Crippen molar-refractivity contribution in [2.45, 2.75) is 37.6 Å². The molecule has 3 aromatic rings. The van der Waals surface area contributed by atoms with Crippen LogP contribution >= 0.6 is 0 Å². The molecule has 1 saturated carbocycles. The number of halogens is 3. The second-order valence-corrected chi connectivity index (χ2v) is 9.42. The van der Waals surface area contributed by atoms with Gasteiger partial charge in [-0.1, -0.05) is 78.9 Å². The highest BCUT2D eigenvalue weighted by Crippen LogP contribution is 2.40. The first-order valence-corrected chi connectivity index (χ1v) is 11.7. The van der Waals surface area contributed by atoms with Crippen LogP contribution in [0.15, 0.2) is 84.9 Å². The Hall–Kier alpha value is -2.63. The van der Waals surface area contributed by atoms with E-state index in [2.05, 4.69) is 58.7 Å². The van der Waals surface area contributed by atoms with Crippen LogP contribution in [0.1, 0.15) is 41.1 Å². The van der Waals surface area contributed by atoms with Gasteiger partial charge in [-0.05, 0) is 47.4 Å². The Morgan fingerprint density at radius 3 is 2.12 bits per heavy atom. The molecule has 0 unspecified atom stereocenters. The van der Waals surface area contributed by atoms with Gasteiger partial charge >= 0.3 is 6.18 Å². The fraction of sp³-hybridized carbons (Fsp3) is 0.357. The van der Waals surface area contributed by atoms with Gasteiger partial charge in [-0.2, -0.15) is 13.2 Å². The van der Waals surface area contributed by atoms with Gasteiger partial charge < -0.3 is 5.32 Å². The Labute approximate surface area is 193 Å². The Morgan fingerprint density at radius 1 is 0.818 bits per heavy atom. The van der Waals surface area contributed by atoms with E-state index >= 15 is 0 Å². The lowest BCUT2D eigenvalue weighted by Crippen LogP contribution is -2.38. The largest absolute Gasteiger partial charge is 0.416 e. The molecule has 1 aliphatic heterocycles. The zero-order chi connectivity index (χ0) is 22.8. The highest BCUT2D eigenvalue weighted by molar-refractivity contribution is 5.32. The molecular weight excluding hydrogens is 421 g/mol. The van der Waals surface area contributed by atoms with E-state index in [0.717, 1.165) is 37.6 Å². The Kier molecular flexibility index (Phi) is 6.26. The zero-order valence-electron chi connectivity index (χ0n) is 18.5. The van der Waals surface area contributed by atoms with Crippen molar-refractivity contribution in [2.24, 2.45) is 11.8 Å². The molecule has 2 aliphatic rings. The number of hydrogen-bond acceptors (Lipinski definition) is 2. The summed E-state index contributed by atoms with van der Waals surface area (Å²) in [4.78, 5) is 2.33. The molecule has 0 bridgehead atoms. The minimum Gasteiger partial charge on any atom is -0.303 e. The van der Waals surface area contributed by atoms with Crippen LogP contribution in [0.5, 0.6) is 0 Å². The van der Waals surface area contributed by atoms with E-state index in [9.17, 15) is 13.2 Å². The van der Waals surface area contributed by atoms with Crippen LogP contribution in [0, 0.1) is 11.8 Å². The molecule has 0 amide bonds. The van der Waals surface area contributed by atoms with Gasteiger partial charge in [0.2, 0.25) is 0 Å². The molecule has 2 fully saturated rings. The zero-order valence-corrected chi connectivity index (χ0v) is 18.5. The SMILES string of the molecule is FC(F)(F)c1cccc(CN2C[C@H]3CC[C@H](NC(c4ccccc4)c4ccccc4)[C@H]3C2)c1. The molecule has 5 rings (SSSR count). The van der Waals surface area contributed by atoms with Crippen molar-refractivity contribution < 1.29 is 13.2 Å². The van der Waals surface area contributed by atoms with Crippen molar-refractivity contribution in [3.05, 3.63) is 107 Å². The lowest BCUT2D eigenvalue weighted by atomic mass is 9.94. The van der Waals surface area contributed by atoms with E-state index in [1.54, 1.807) is 6.07 Å². The maximum absolute atomic E-state index is 13.1. The van der Waals surface area contributed by atoms with Crippen LogP contribution in [0.3, 0.4) is 0 Å². The minimum atomic E-state index is -4.30. The molecule has 2 nitrogen and oxygen atoms in total. The molecule has 3 atom stereocenters. The molecule has 0 radical (unpaired) electrons. The fourth-order valence-electron chi connectivity index (χ4n) is 5.69. The summed E-state index contributed by atoms with van der Waals surface area (Å²) < 4.78 is 39.3. The van der Waals surface area contributed by atoms with Crippen molar-refractivity contribution in [3.63, 3.8) is 0 Å². The summed E-state index contributed by atoms with van der Waals surface area (Å²) in [6, 6.07) is 27.4. The number of likely N-dealkylation sites (tertiary alicyclic amines) is 1. The quantitative estimate of drug-likeness (QED) is 0.474. The highest BCUT2D eigenvalue weighted by Gasteiger charge is 2.43. The fourth-order valence-corrected chi connectivity index (χ4v) is 5.69. The Morgan fingerprint density at radius 2 is 1.48 bits per heavy atom. The molecule has 1 N–H and O–H groups in total. The van der Waals surface area contributed by atoms with Gasteiger partial charge in [-0.15, -0.1) is 0 Å². The third-order valence-electron chi connectivity index (χ3n) is 7.24. The topological polar surface area (TPSA) is 15.3 Å². The van der Waals surface area contributed by atoms with Gasteiger partial charge in [0.1, 0.15) is 0 Å². The second kappa shape index (κ2) is 9.32. The van der Waals surface area contributed by atoms with Gasteiger partial charge in [-0.25, -0.2) is 0 Å². The summed E-state index contributed by atoms with van der Waals surface area (Å²) in [5.74, 6) is 1.12. The predicted octanol–water partition coefficient (Wildman–Crippen LogP) is 6.30. The number of rotatable bonds is 6. The first kappa shape index (κ1) is 22.2. The number of alkyl halides is 3. The monoisotopic (exact) mass is 450 g/mol. The first-order valence-electron chi connectivity index (χ1n) is 11.7. The normalized spacial score (nSPS) is 23.2. The third-order valence-corrected chi connectivity index (χ3v) is 7.24. The van der Waals surface area contributed by atoms with E-state index in [0.29, 0.717) is 24.4 Å². The average Bonchev–Trinajstić information content (AvgIpc) is 3.39. The van der Waals surface area contributed by atoms with E-state index in [4.69, 9.17) is 0 Å². The van der Waals surface area contributed by atoms with Crippen LogP contribution in [-0.2, 0) is 12.7 Å². The van der Waals surface area contributed by atoms with Gasteiger partial charge in [0.25, 0.3) is 0 Å². The summed E-state index contributed by atoms with van der Waals surface area (Å²) in [7, 11) is 0. The van der Waals surface area contributed by atoms with Crippen molar-refractivity contribution in [1.82, 2.24) is 10.2 Å². The number of hydrogen-bond donors (Lipinski definition) is 1. The number of benzene rings is 3. The summed E-state index contributed by atoms with van der Waals surface area (Å²) in [5, 5.41) is 3.96. The molecule has 172 valence electrons. The molecule has 1 aliphatic carbocycles. The van der Waals surface area contributed by atoms with Crippen LogP contribution < -0.4 is 5.32 Å². The van der Waals surface area contributed by atoms with Crippen LogP contribution in [0.25, 0.3) is 0 Å². The lowest BCUT2D eigenvalue weighted by Gasteiger charge is -2.28. The smallest absolute Gasteiger partial charge is 0.303 e. The van der Waals surface area contributed by atoms with E-state index in [-0.39, 0.29) is 6.04 Å². The predicted molar refractivity (Wildman–Crippen MR) is 125 cm³/mol. The van der Waals surface area contributed by atoms with Crippen molar-refractivity contribution in [1.29, 1.82) is 0 Å². The van der Waals surface area contributed by atoms with Crippen LogP contribution in [0.2, 0.25) is 0 Å². The van der Waals surface area contributed by atoms with E-state index in [1.165, 1.54) is 23.3 Å². The summed E-state index contributed by atoms with van der Waals surface area (Å²) in [6.07, 6.45) is -1.99. The minimum absolute atomic E-state index is 0.133. The Bertz CT molecular complexity index is 1010. The molecule has 33 heavy (non-hydrogen) atoms. The maximum atomic E-state index is 13.1. The molecule has 3 aromatic carbocycles. The molecule has 0 aromatic heterocycles. The summed E-state index contributed by atoms with van der Waals surface area (Å²) in [5.41, 5.74) is 2.69. The van der Waals surface area contributed by atoms with E-state index < -0.39 is 11.7 Å². The maximum Gasteiger partial charge on any atom is 0.416 e. The lowest BCUT2D eigenvalue weighted by molar-refractivity contribution is -0.137. The summed E-state index contributed by atoms with van der Waals surface area (Å²) >= 11 is 0. The van der Waals surface area contributed by atoms with Crippen molar-refractivity contribution in [3.8, 4) is 0 Å². The highest BCUT2D eigenvalue weighted by atomic mass is 19.4. The molecule has 5 heteroatoms. The Balaban J connectivity index is 1.29. The average molecular weight is 451 g/mol. The van der Waals surface area contributed by atoms with Crippen LogP contribution in [0.4, 0.5) is 13.2 Å². The standard InChI is InChI=1S/C28H29F3N2/c29-28(30,31)24-13-7-8-20(16-24)17-33-18-23-14-15-26(25(23)19-33)32-27(21-9-3-1-4-10-21)22-11-5-2-6-12-22/h1-13,16,23,25-27,32H,14-15,17-19H2/t23-,25+,26+/m1/s1. The van der Waals surface area contributed by atoms with Crippen molar-refractivity contribution in [2.75, 3.05) is 13.1 Å². The van der Waals surface area contributed by atoms with Gasteiger partial charge in [0.05, 0.1) is 11.6 Å². The van der Waals surface area contributed by atoms with Crippen molar-refractivity contribution >= 4 is 0 Å². The molecule has 0 spiro atoms. The van der Waals surface area contributed by atoms with Gasteiger partial charge in [0, 0.05) is 25.7 Å². The number of nitrogens with one attached hydrogen (secondary N) is 1. The van der Waals surface area contributed by atoms with Gasteiger partial charge in [0.15, 0.2) is 0 Å². The van der Waals surface area contributed by atoms with Gasteiger partial charge in [-0.3, -0.25) is 4.90 Å². The third kappa shape index (κ3) is 4.99. The molecule has 1 heterocycles. The molecule has 1 saturated heterocycles. The first-order chi connectivity index (χ1) is 16.0. The number of nitrogens with zero attached hydrogens (tertiary/aromatic N) is 1. The van der Waals surface area contributed by atoms with E-state index in [1.807, 2.05) is 12.1 Å². The van der Waals surface area contributed by atoms with Crippen LogP contribution in [-0.4, -0.2) is 24.0 Å². The molecular formula is C28H29F3N2.